The number of amides is 1. The third-order valence-corrected chi connectivity index (χ3v) is 4.73. The van der Waals surface area contributed by atoms with Crippen molar-refractivity contribution in [3.8, 4) is 0 Å². The Morgan fingerprint density at radius 1 is 1.08 bits per heavy atom. The van der Waals surface area contributed by atoms with E-state index in [1.165, 1.54) is 16.5 Å². The van der Waals surface area contributed by atoms with Crippen molar-refractivity contribution < 1.29 is 9.53 Å². The highest BCUT2D eigenvalue weighted by Crippen LogP contribution is 2.40. The van der Waals surface area contributed by atoms with Crippen LogP contribution in [0.2, 0.25) is 0 Å². The Bertz CT molecular complexity index is 835. The number of ether oxygens (including phenoxy) is 1. The van der Waals surface area contributed by atoms with E-state index in [1.807, 2.05) is 36.4 Å². The Kier molecular flexibility index (Phi) is 3.95. The molecule has 0 saturated heterocycles. The number of aromatic nitrogens is 1. The zero-order chi connectivity index (χ0) is 16.4. The lowest BCUT2D eigenvalue weighted by Crippen LogP contribution is -2.43. The number of fused-ring (bicyclic) bond motifs is 1. The van der Waals surface area contributed by atoms with Gasteiger partial charge < -0.3 is 15.0 Å². The summed E-state index contributed by atoms with van der Waals surface area (Å²) >= 11 is 0. The average Bonchev–Trinajstić information content (AvgIpc) is 3.00. The summed E-state index contributed by atoms with van der Waals surface area (Å²) < 4.78 is 5.27. The van der Waals surface area contributed by atoms with E-state index in [9.17, 15) is 4.79 Å². The molecule has 4 heteroatoms. The summed E-state index contributed by atoms with van der Waals surface area (Å²) in [5, 5.41) is 4.24. The zero-order valence-electron chi connectivity index (χ0n) is 13.4. The Balaban J connectivity index is 1.28. The van der Waals surface area contributed by atoms with Gasteiger partial charge >= 0.3 is 6.09 Å². The highest BCUT2D eigenvalue weighted by molar-refractivity contribution is 5.83. The standard InChI is InChI=1S/C20H20N2O2/c23-20(24-13-14-6-2-1-3-7-14)22-16-10-15(11-16)18-12-21-19-9-5-4-8-17(18)19/h1-9,12,15-16,21H,10-11,13H2,(H,22,23). The fraction of sp³-hybridized carbons (Fsp3) is 0.250. The van der Waals surface area contributed by atoms with Gasteiger partial charge in [-0.25, -0.2) is 4.79 Å². The van der Waals surface area contributed by atoms with Gasteiger partial charge in [-0.05, 0) is 36.0 Å². The van der Waals surface area contributed by atoms with Crippen LogP contribution in [0.25, 0.3) is 10.9 Å². The second-order valence-corrected chi connectivity index (χ2v) is 6.36. The van der Waals surface area contributed by atoms with Crippen molar-refractivity contribution in [3.05, 3.63) is 71.9 Å². The maximum atomic E-state index is 11.9. The molecular formula is C20H20N2O2. The van der Waals surface area contributed by atoms with Crippen molar-refractivity contribution in [2.45, 2.75) is 31.4 Å². The van der Waals surface area contributed by atoms with Gasteiger partial charge in [0.25, 0.3) is 0 Å². The van der Waals surface area contributed by atoms with Gasteiger partial charge in [0.2, 0.25) is 0 Å². The van der Waals surface area contributed by atoms with Gasteiger partial charge in [0, 0.05) is 23.1 Å². The number of para-hydroxylation sites is 1. The predicted molar refractivity (Wildman–Crippen MR) is 93.8 cm³/mol. The van der Waals surface area contributed by atoms with Crippen LogP contribution in [0, 0.1) is 0 Å². The summed E-state index contributed by atoms with van der Waals surface area (Å²) in [6, 6.07) is 18.3. The molecule has 1 fully saturated rings. The van der Waals surface area contributed by atoms with E-state index in [-0.39, 0.29) is 12.1 Å². The summed E-state index contributed by atoms with van der Waals surface area (Å²) in [6.45, 7) is 0.311. The molecule has 0 bridgehead atoms. The molecule has 0 unspecified atom stereocenters. The molecule has 1 saturated carbocycles. The maximum Gasteiger partial charge on any atom is 0.407 e. The van der Waals surface area contributed by atoms with Gasteiger partial charge in [-0.2, -0.15) is 0 Å². The summed E-state index contributed by atoms with van der Waals surface area (Å²) in [5.74, 6) is 0.501. The van der Waals surface area contributed by atoms with Gasteiger partial charge in [0.15, 0.2) is 0 Å². The van der Waals surface area contributed by atoms with Crippen LogP contribution >= 0.6 is 0 Å². The number of carbonyl (C=O) groups excluding carboxylic acids is 1. The number of rotatable bonds is 4. The van der Waals surface area contributed by atoms with Crippen LogP contribution in [-0.4, -0.2) is 17.1 Å². The first kappa shape index (κ1) is 14.8. The summed E-state index contributed by atoms with van der Waals surface area (Å²) in [7, 11) is 0. The lowest BCUT2D eigenvalue weighted by molar-refractivity contribution is 0.128. The van der Waals surface area contributed by atoms with Crippen molar-refractivity contribution in [1.29, 1.82) is 0 Å². The Hall–Kier alpha value is -2.75. The average molecular weight is 320 g/mol. The third kappa shape index (κ3) is 3.00. The first-order valence-corrected chi connectivity index (χ1v) is 8.33. The topological polar surface area (TPSA) is 54.1 Å². The molecule has 2 N–H and O–H groups in total. The van der Waals surface area contributed by atoms with Gasteiger partial charge in [-0.15, -0.1) is 0 Å². The second-order valence-electron chi connectivity index (χ2n) is 6.36. The van der Waals surface area contributed by atoms with E-state index in [0.29, 0.717) is 12.5 Å². The van der Waals surface area contributed by atoms with E-state index >= 15 is 0 Å². The molecule has 1 aliphatic rings. The molecule has 4 nitrogen and oxygen atoms in total. The number of benzene rings is 2. The Labute approximate surface area is 140 Å². The van der Waals surface area contributed by atoms with Crippen LogP contribution in [0.5, 0.6) is 0 Å². The number of carbonyl (C=O) groups is 1. The van der Waals surface area contributed by atoms with Crippen LogP contribution in [0.1, 0.15) is 29.9 Å². The van der Waals surface area contributed by atoms with Crippen molar-refractivity contribution in [1.82, 2.24) is 10.3 Å². The number of hydrogen-bond acceptors (Lipinski definition) is 2. The molecule has 1 amide bonds. The Morgan fingerprint density at radius 3 is 2.67 bits per heavy atom. The molecule has 1 aliphatic carbocycles. The van der Waals surface area contributed by atoms with Crippen LogP contribution < -0.4 is 5.32 Å². The highest BCUT2D eigenvalue weighted by Gasteiger charge is 2.33. The lowest BCUT2D eigenvalue weighted by atomic mass is 9.76. The van der Waals surface area contributed by atoms with Crippen molar-refractivity contribution in [2.75, 3.05) is 0 Å². The minimum atomic E-state index is -0.332. The van der Waals surface area contributed by atoms with E-state index in [4.69, 9.17) is 4.74 Å². The van der Waals surface area contributed by atoms with E-state index < -0.39 is 0 Å². The molecule has 4 rings (SSSR count). The normalized spacial score (nSPS) is 19.7. The number of aromatic amines is 1. The molecule has 0 atom stereocenters. The summed E-state index contributed by atoms with van der Waals surface area (Å²) in [4.78, 5) is 15.2. The SMILES string of the molecule is O=C(NC1CC(c2c[nH]c3ccccc23)C1)OCc1ccccc1. The van der Waals surface area contributed by atoms with Crippen molar-refractivity contribution in [2.24, 2.45) is 0 Å². The molecule has 122 valence electrons. The molecule has 1 aromatic heterocycles. The second kappa shape index (κ2) is 6.40. The first-order chi connectivity index (χ1) is 11.8. The van der Waals surface area contributed by atoms with E-state index in [2.05, 4.69) is 34.7 Å². The highest BCUT2D eigenvalue weighted by atomic mass is 16.5. The van der Waals surface area contributed by atoms with Crippen LogP contribution in [0.3, 0.4) is 0 Å². The smallest absolute Gasteiger partial charge is 0.407 e. The van der Waals surface area contributed by atoms with E-state index in [1.54, 1.807) is 0 Å². The molecule has 1 heterocycles. The molecule has 3 aromatic rings. The monoisotopic (exact) mass is 320 g/mol. The van der Waals surface area contributed by atoms with Gasteiger partial charge in [0.1, 0.15) is 6.61 Å². The van der Waals surface area contributed by atoms with Crippen LogP contribution in [0.15, 0.2) is 60.8 Å². The molecule has 0 spiro atoms. The third-order valence-electron chi connectivity index (χ3n) is 4.73. The van der Waals surface area contributed by atoms with Gasteiger partial charge in [0.05, 0.1) is 0 Å². The predicted octanol–water partition coefficient (Wildman–Crippen LogP) is 4.34. The van der Waals surface area contributed by atoms with Crippen LogP contribution in [0.4, 0.5) is 4.79 Å². The quantitative estimate of drug-likeness (QED) is 0.751. The Morgan fingerprint density at radius 2 is 1.83 bits per heavy atom. The maximum absolute atomic E-state index is 11.9. The van der Waals surface area contributed by atoms with Gasteiger partial charge in [-0.3, -0.25) is 0 Å². The van der Waals surface area contributed by atoms with Crippen molar-refractivity contribution >= 4 is 17.0 Å². The fourth-order valence-corrected chi connectivity index (χ4v) is 3.35. The molecule has 2 aromatic carbocycles. The largest absolute Gasteiger partial charge is 0.445 e. The number of nitrogens with one attached hydrogen (secondary N) is 2. The number of hydrogen-bond donors (Lipinski definition) is 2. The molecule has 0 aliphatic heterocycles. The summed E-state index contributed by atoms with van der Waals surface area (Å²) in [6.07, 6.45) is 3.69. The van der Waals surface area contributed by atoms with Crippen molar-refractivity contribution in [3.63, 3.8) is 0 Å². The summed E-state index contributed by atoms with van der Waals surface area (Å²) in [5.41, 5.74) is 3.52. The first-order valence-electron chi connectivity index (χ1n) is 8.33. The molecule has 24 heavy (non-hydrogen) atoms. The van der Waals surface area contributed by atoms with Crippen LogP contribution in [-0.2, 0) is 11.3 Å². The zero-order valence-corrected chi connectivity index (χ0v) is 13.4. The minimum absolute atomic E-state index is 0.201. The van der Waals surface area contributed by atoms with Gasteiger partial charge in [-0.1, -0.05) is 48.5 Å². The minimum Gasteiger partial charge on any atom is -0.445 e. The number of alkyl carbamates (subject to hydrolysis) is 1. The molecular weight excluding hydrogens is 300 g/mol. The number of H-pyrrole nitrogens is 1. The fourth-order valence-electron chi connectivity index (χ4n) is 3.35. The molecule has 0 radical (unpaired) electrons. The lowest BCUT2D eigenvalue weighted by Gasteiger charge is -2.35. The van der Waals surface area contributed by atoms with E-state index in [0.717, 1.165) is 18.4 Å².